The van der Waals surface area contributed by atoms with Gasteiger partial charge in [0.15, 0.2) is 0 Å². The molecule has 0 aliphatic carbocycles. The smallest absolute Gasteiger partial charge is 0.246 e. The zero-order valence-electron chi connectivity index (χ0n) is 14.9. The molecular formula is C17H23N3O4S. The van der Waals surface area contributed by atoms with Crippen molar-refractivity contribution in [3.8, 4) is 5.75 Å². The van der Waals surface area contributed by atoms with Gasteiger partial charge >= 0.3 is 0 Å². The number of nitrogens with one attached hydrogen (secondary N) is 1. The van der Waals surface area contributed by atoms with Crippen LogP contribution in [0.15, 0.2) is 18.2 Å². The van der Waals surface area contributed by atoms with Crippen LogP contribution in [0.25, 0.3) is 0 Å². The Bertz CT molecular complexity index is 678. The van der Waals surface area contributed by atoms with Crippen molar-refractivity contribution in [3.63, 3.8) is 0 Å². The zero-order valence-corrected chi connectivity index (χ0v) is 15.7. The highest BCUT2D eigenvalue weighted by atomic mass is 32.2. The Morgan fingerprint density at radius 2 is 2.12 bits per heavy atom. The normalized spacial score (nSPS) is 14.0. The number of hydrogen-bond donors (Lipinski definition) is 1. The number of amides is 3. The van der Waals surface area contributed by atoms with E-state index in [1.54, 1.807) is 28.0 Å². The van der Waals surface area contributed by atoms with Gasteiger partial charge in [0.1, 0.15) is 12.3 Å². The summed E-state index contributed by atoms with van der Waals surface area (Å²) in [6.07, 6.45) is 0. The summed E-state index contributed by atoms with van der Waals surface area (Å²) in [5.74, 6) is 1.05. The van der Waals surface area contributed by atoms with Gasteiger partial charge in [-0.05, 0) is 32.0 Å². The number of hydrogen-bond acceptors (Lipinski definition) is 5. The van der Waals surface area contributed by atoms with Gasteiger partial charge in [-0.25, -0.2) is 0 Å². The average Bonchev–Trinajstić information content (AvgIpc) is 2.92. The van der Waals surface area contributed by atoms with E-state index in [1.807, 2.05) is 13.8 Å². The minimum Gasteiger partial charge on any atom is -0.495 e. The zero-order chi connectivity index (χ0) is 18.6. The molecule has 0 saturated carbocycles. The Kier molecular flexibility index (Phi) is 6.30. The molecule has 1 aliphatic heterocycles. The fourth-order valence-corrected chi connectivity index (χ4v) is 3.54. The topological polar surface area (TPSA) is 79.0 Å². The number of anilines is 2. The number of methoxy groups -OCH3 is 1. The molecule has 0 bridgehead atoms. The maximum Gasteiger partial charge on any atom is 0.246 e. The highest BCUT2D eigenvalue weighted by Crippen LogP contribution is 2.33. The van der Waals surface area contributed by atoms with Crippen molar-refractivity contribution in [2.24, 2.45) is 0 Å². The molecule has 1 saturated heterocycles. The van der Waals surface area contributed by atoms with E-state index in [9.17, 15) is 14.4 Å². The second-order valence-corrected chi connectivity index (χ2v) is 6.95. The van der Waals surface area contributed by atoms with Gasteiger partial charge in [0.05, 0.1) is 24.4 Å². The lowest BCUT2D eigenvalue weighted by Crippen LogP contribution is -2.44. The van der Waals surface area contributed by atoms with Crippen molar-refractivity contribution in [1.82, 2.24) is 4.90 Å². The Balaban J connectivity index is 2.32. The Morgan fingerprint density at radius 1 is 1.40 bits per heavy atom. The van der Waals surface area contributed by atoms with Gasteiger partial charge in [-0.2, -0.15) is 0 Å². The number of carbonyl (C=O) groups excluding carboxylic acids is 3. The molecular weight excluding hydrogens is 342 g/mol. The number of nitrogens with zero attached hydrogens (tertiary/aromatic N) is 2. The minimum absolute atomic E-state index is 0.0253. The van der Waals surface area contributed by atoms with Gasteiger partial charge in [-0.1, -0.05) is 0 Å². The van der Waals surface area contributed by atoms with Crippen molar-refractivity contribution in [2.45, 2.75) is 26.8 Å². The third-order valence-corrected chi connectivity index (χ3v) is 4.64. The lowest BCUT2D eigenvalue weighted by atomic mass is 10.2. The van der Waals surface area contributed by atoms with Crippen LogP contribution >= 0.6 is 11.8 Å². The van der Waals surface area contributed by atoms with Gasteiger partial charge in [-0.3, -0.25) is 14.4 Å². The van der Waals surface area contributed by atoms with E-state index in [-0.39, 0.29) is 30.3 Å². The molecule has 136 valence electrons. The van der Waals surface area contributed by atoms with E-state index in [2.05, 4.69) is 5.32 Å². The predicted molar refractivity (Wildman–Crippen MR) is 99.0 cm³/mol. The Morgan fingerprint density at radius 3 is 2.64 bits per heavy atom. The van der Waals surface area contributed by atoms with Gasteiger partial charge in [0.25, 0.3) is 0 Å². The van der Waals surface area contributed by atoms with Crippen LogP contribution in [0.4, 0.5) is 11.4 Å². The van der Waals surface area contributed by atoms with Crippen molar-refractivity contribution in [3.05, 3.63) is 18.2 Å². The van der Waals surface area contributed by atoms with Crippen molar-refractivity contribution < 1.29 is 19.1 Å². The molecule has 8 heteroatoms. The third-order valence-electron chi connectivity index (χ3n) is 3.70. The van der Waals surface area contributed by atoms with Crippen LogP contribution in [0, 0.1) is 0 Å². The summed E-state index contributed by atoms with van der Waals surface area (Å²) in [5.41, 5.74) is 1.14. The van der Waals surface area contributed by atoms with Crippen LogP contribution in [0.2, 0.25) is 0 Å². The minimum atomic E-state index is -0.196. The van der Waals surface area contributed by atoms with Crippen molar-refractivity contribution in [2.75, 3.05) is 35.5 Å². The molecule has 1 heterocycles. The van der Waals surface area contributed by atoms with Crippen LogP contribution in [0.5, 0.6) is 5.75 Å². The van der Waals surface area contributed by atoms with E-state index in [0.29, 0.717) is 28.8 Å². The van der Waals surface area contributed by atoms with E-state index in [0.717, 1.165) is 0 Å². The van der Waals surface area contributed by atoms with E-state index in [4.69, 9.17) is 4.74 Å². The molecule has 1 aromatic rings. The predicted octanol–water partition coefficient (Wildman–Crippen LogP) is 1.93. The van der Waals surface area contributed by atoms with Crippen molar-refractivity contribution in [1.29, 1.82) is 0 Å². The number of rotatable bonds is 6. The Hall–Kier alpha value is -2.22. The summed E-state index contributed by atoms with van der Waals surface area (Å²) < 4.78 is 5.39. The molecule has 1 N–H and O–H groups in total. The summed E-state index contributed by atoms with van der Waals surface area (Å²) in [6.45, 7) is 5.23. The molecule has 1 aromatic carbocycles. The van der Waals surface area contributed by atoms with Crippen LogP contribution in [-0.2, 0) is 14.4 Å². The summed E-state index contributed by atoms with van der Waals surface area (Å²) in [5, 5.41) is 2.71. The first-order valence-electron chi connectivity index (χ1n) is 7.96. The number of ether oxygens (including phenoxy) is 1. The first-order chi connectivity index (χ1) is 11.8. The second-order valence-electron chi connectivity index (χ2n) is 5.99. The quantitative estimate of drug-likeness (QED) is 0.833. The molecule has 2 rings (SSSR count). The number of carbonyl (C=O) groups is 3. The van der Waals surface area contributed by atoms with E-state index < -0.39 is 0 Å². The lowest BCUT2D eigenvalue weighted by molar-refractivity contribution is -0.131. The summed E-state index contributed by atoms with van der Waals surface area (Å²) in [6, 6.07) is 4.99. The second kappa shape index (κ2) is 8.24. The molecule has 0 atom stereocenters. The van der Waals surface area contributed by atoms with Gasteiger partial charge in [-0.15, -0.1) is 11.8 Å². The molecule has 0 unspecified atom stereocenters. The van der Waals surface area contributed by atoms with Crippen LogP contribution in [0.3, 0.4) is 0 Å². The van der Waals surface area contributed by atoms with Gasteiger partial charge < -0.3 is 19.9 Å². The average molecular weight is 365 g/mol. The summed E-state index contributed by atoms with van der Waals surface area (Å²) in [7, 11) is 1.53. The van der Waals surface area contributed by atoms with Crippen molar-refractivity contribution >= 4 is 40.9 Å². The van der Waals surface area contributed by atoms with Crippen LogP contribution in [0.1, 0.15) is 20.8 Å². The molecule has 0 spiro atoms. The van der Waals surface area contributed by atoms with Crippen LogP contribution < -0.4 is 15.0 Å². The first kappa shape index (κ1) is 19.1. The maximum absolute atomic E-state index is 12.9. The SMILES string of the molecule is COc1ccc(NC(C)=O)cc1N(C(=O)CN1CSCC1=O)C(C)C. The third kappa shape index (κ3) is 4.66. The Labute approximate surface area is 151 Å². The maximum atomic E-state index is 12.9. The standard InChI is InChI=1S/C17H23N3O4S/c1-11(2)20(16(22)8-19-10-25-9-17(19)23)14-7-13(18-12(3)21)5-6-15(14)24-4/h5-7,11H,8-10H2,1-4H3,(H,18,21). The number of thioether (sulfide) groups is 1. The monoisotopic (exact) mass is 365 g/mol. The largest absolute Gasteiger partial charge is 0.495 e. The molecule has 7 nitrogen and oxygen atoms in total. The molecule has 1 fully saturated rings. The lowest BCUT2D eigenvalue weighted by Gasteiger charge is -2.30. The molecule has 0 radical (unpaired) electrons. The molecule has 25 heavy (non-hydrogen) atoms. The highest BCUT2D eigenvalue weighted by molar-refractivity contribution is 8.00. The molecule has 1 aliphatic rings. The highest BCUT2D eigenvalue weighted by Gasteiger charge is 2.28. The van der Waals surface area contributed by atoms with Crippen LogP contribution in [-0.4, -0.2) is 53.9 Å². The van der Waals surface area contributed by atoms with Gasteiger partial charge in [0.2, 0.25) is 17.7 Å². The first-order valence-corrected chi connectivity index (χ1v) is 9.12. The summed E-state index contributed by atoms with van der Waals surface area (Å²) in [4.78, 5) is 39.1. The van der Waals surface area contributed by atoms with E-state index in [1.165, 1.54) is 25.8 Å². The van der Waals surface area contributed by atoms with Gasteiger partial charge in [0, 0.05) is 18.7 Å². The fourth-order valence-electron chi connectivity index (χ4n) is 2.64. The summed E-state index contributed by atoms with van der Waals surface area (Å²) >= 11 is 1.50. The molecule has 3 amide bonds. The number of benzene rings is 1. The van der Waals surface area contributed by atoms with E-state index >= 15 is 0 Å². The molecule has 0 aromatic heterocycles. The fraction of sp³-hybridized carbons (Fsp3) is 0.471.